The Morgan fingerprint density at radius 1 is 1.44 bits per heavy atom. The lowest BCUT2D eigenvalue weighted by molar-refractivity contribution is -0.150. The highest BCUT2D eigenvalue weighted by molar-refractivity contribution is 5.69. The lowest BCUT2D eigenvalue weighted by Gasteiger charge is -2.10. The zero-order valence-corrected chi connectivity index (χ0v) is 9.09. The second-order valence-corrected chi connectivity index (χ2v) is 3.58. The molecule has 1 fully saturated rings. The topological polar surface area (TPSA) is 44.8 Å². The lowest BCUT2D eigenvalue weighted by atomic mass is 10.1. The van der Waals surface area contributed by atoms with Gasteiger partial charge >= 0.3 is 5.97 Å². The minimum absolute atomic E-state index is 0.0872. The van der Waals surface area contributed by atoms with Crippen molar-refractivity contribution in [3.05, 3.63) is 35.9 Å². The van der Waals surface area contributed by atoms with E-state index >= 15 is 0 Å². The average molecular weight is 222 g/mol. The second kappa shape index (κ2) is 5.09. The summed E-state index contributed by atoms with van der Waals surface area (Å²) < 4.78 is 15.5. The standard InChI is InChI=1S/C12H14O4/c1-14-11(13)7-12-15-8-10(16-12)9-5-3-2-4-6-9/h2-6,10,12H,7-8H2,1H3/t10-,12+/m1/s1. The van der Waals surface area contributed by atoms with Crippen LogP contribution in [0.5, 0.6) is 0 Å². The number of carbonyl (C=O) groups excluding carboxylic acids is 1. The highest BCUT2D eigenvalue weighted by Gasteiger charge is 2.29. The molecule has 2 rings (SSSR count). The fraction of sp³-hybridized carbons (Fsp3) is 0.417. The van der Waals surface area contributed by atoms with Crippen LogP contribution in [0.2, 0.25) is 0 Å². The molecule has 0 N–H and O–H groups in total. The van der Waals surface area contributed by atoms with Crippen molar-refractivity contribution < 1.29 is 19.0 Å². The predicted octanol–water partition coefficient (Wildman–Crippen LogP) is 1.66. The number of esters is 1. The van der Waals surface area contributed by atoms with Gasteiger partial charge in [-0.15, -0.1) is 0 Å². The molecule has 1 aromatic carbocycles. The lowest BCUT2D eigenvalue weighted by Crippen LogP contribution is -2.15. The molecular formula is C12H14O4. The number of hydrogen-bond donors (Lipinski definition) is 0. The number of carbonyl (C=O) groups is 1. The van der Waals surface area contributed by atoms with Gasteiger partial charge in [0.25, 0.3) is 0 Å². The average Bonchev–Trinajstić information content (AvgIpc) is 2.78. The van der Waals surface area contributed by atoms with E-state index in [1.165, 1.54) is 7.11 Å². The van der Waals surface area contributed by atoms with Crippen molar-refractivity contribution in [2.24, 2.45) is 0 Å². The molecule has 1 saturated heterocycles. The van der Waals surface area contributed by atoms with Crippen LogP contribution in [0.15, 0.2) is 30.3 Å². The normalized spacial score (nSPS) is 24.3. The summed E-state index contributed by atoms with van der Waals surface area (Å²) in [5.41, 5.74) is 1.06. The highest BCUT2D eigenvalue weighted by Crippen LogP contribution is 2.27. The number of benzene rings is 1. The van der Waals surface area contributed by atoms with Crippen LogP contribution < -0.4 is 0 Å². The summed E-state index contributed by atoms with van der Waals surface area (Å²) in [6.45, 7) is 0.478. The third-order valence-corrected chi connectivity index (χ3v) is 2.48. The minimum atomic E-state index is -0.488. The molecular weight excluding hydrogens is 208 g/mol. The van der Waals surface area contributed by atoms with Crippen LogP contribution in [0.25, 0.3) is 0 Å². The molecule has 16 heavy (non-hydrogen) atoms. The van der Waals surface area contributed by atoms with Crippen molar-refractivity contribution in [3.63, 3.8) is 0 Å². The molecule has 0 radical (unpaired) electrons. The molecule has 1 aliphatic heterocycles. The van der Waals surface area contributed by atoms with E-state index in [1.54, 1.807) is 0 Å². The van der Waals surface area contributed by atoms with E-state index in [2.05, 4.69) is 4.74 Å². The molecule has 0 saturated carbocycles. The predicted molar refractivity (Wildman–Crippen MR) is 56.6 cm³/mol. The molecule has 1 aliphatic rings. The first-order chi connectivity index (χ1) is 7.79. The van der Waals surface area contributed by atoms with Gasteiger partial charge in [-0.25, -0.2) is 0 Å². The fourth-order valence-electron chi connectivity index (χ4n) is 1.63. The smallest absolute Gasteiger partial charge is 0.310 e. The van der Waals surface area contributed by atoms with Crippen molar-refractivity contribution in [2.45, 2.75) is 18.8 Å². The van der Waals surface area contributed by atoms with Gasteiger partial charge in [-0.3, -0.25) is 4.79 Å². The van der Waals surface area contributed by atoms with Crippen molar-refractivity contribution in [3.8, 4) is 0 Å². The van der Waals surface area contributed by atoms with Crippen LogP contribution in [0.3, 0.4) is 0 Å². The maximum atomic E-state index is 11.0. The zero-order chi connectivity index (χ0) is 11.4. The van der Waals surface area contributed by atoms with Crippen LogP contribution in [-0.2, 0) is 19.0 Å². The van der Waals surface area contributed by atoms with Crippen molar-refractivity contribution in [1.82, 2.24) is 0 Å². The van der Waals surface area contributed by atoms with Crippen LogP contribution >= 0.6 is 0 Å². The maximum absolute atomic E-state index is 11.0. The number of ether oxygens (including phenoxy) is 3. The molecule has 2 atom stereocenters. The Hall–Kier alpha value is -1.39. The Balaban J connectivity index is 1.91. The van der Waals surface area contributed by atoms with Gasteiger partial charge in [0, 0.05) is 0 Å². The summed E-state index contributed by atoms with van der Waals surface area (Å²) >= 11 is 0. The third-order valence-electron chi connectivity index (χ3n) is 2.48. The highest BCUT2D eigenvalue weighted by atomic mass is 16.7. The molecule has 4 heteroatoms. The van der Waals surface area contributed by atoms with Crippen LogP contribution in [0, 0.1) is 0 Å². The summed E-state index contributed by atoms with van der Waals surface area (Å²) in [4.78, 5) is 11.0. The van der Waals surface area contributed by atoms with Crippen LogP contribution in [-0.4, -0.2) is 26.0 Å². The van der Waals surface area contributed by atoms with Crippen LogP contribution in [0.4, 0.5) is 0 Å². The van der Waals surface area contributed by atoms with E-state index in [1.807, 2.05) is 30.3 Å². The Bertz CT molecular complexity index is 349. The van der Waals surface area contributed by atoms with Gasteiger partial charge in [-0.05, 0) is 5.56 Å². The SMILES string of the molecule is COC(=O)C[C@H]1OC[C@H](c2ccccc2)O1. The molecule has 0 spiro atoms. The van der Waals surface area contributed by atoms with E-state index in [-0.39, 0.29) is 18.5 Å². The second-order valence-electron chi connectivity index (χ2n) is 3.58. The van der Waals surface area contributed by atoms with Crippen LogP contribution in [0.1, 0.15) is 18.1 Å². The van der Waals surface area contributed by atoms with Crippen molar-refractivity contribution >= 4 is 5.97 Å². The molecule has 0 aromatic heterocycles. The van der Waals surface area contributed by atoms with Gasteiger partial charge in [0.15, 0.2) is 6.29 Å². The van der Waals surface area contributed by atoms with Crippen molar-refractivity contribution in [2.75, 3.05) is 13.7 Å². The van der Waals surface area contributed by atoms with E-state index < -0.39 is 6.29 Å². The summed E-state index contributed by atoms with van der Waals surface area (Å²) in [7, 11) is 1.35. The Labute approximate surface area is 94.1 Å². The molecule has 4 nitrogen and oxygen atoms in total. The molecule has 0 unspecified atom stereocenters. The fourth-order valence-corrected chi connectivity index (χ4v) is 1.63. The quantitative estimate of drug-likeness (QED) is 0.730. The van der Waals surface area contributed by atoms with Gasteiger partial charge in [0.1, 0.15) is 6.10 Å². The number of rotatable bonds is 3. The number of hydrogen-bond acceptors (Lipinski definition) is 4. The molecule has 1 aromatic rings. The molecule has 0 amide bonds. The van der Waals surface area contributed by atoms with Gasteiger partial charge in [-0.2, -0.15) is 0 Å². The van der Waals surface area contributed by atoms with E-state index in [9.17, 15) is 4.79 Å². The molecule has 86 valence electrons. The number of methoxy groups -OCH3 is 1. The van der Waals surface area contributed by atoms with Crippen molar-refractivity contribution in [1.29, 1.82) is 0 Å². The minimum Gasteiger partial charge on any atom is -0.469 e. The largest absolute Gasteiger partial charge is 0.469 e. The summed E-state index contributed by atoms with van der Waals surface area (Å²) in [5.74, 6) is -0.321. The zero-order valence-electron chi connectivity index (χ0n) is 9.09. The first-order valence-electron chi connectivity index (χ1n) is 5.18. The Kier molecular flexibility index (Phi) is 3.54. The van der Waals surface area contributed by atoms with Gasteiger partial charge in [0.2, 0.25) is 0 Å². The monoisotopic (exact) mass is 222 g/mol. The third kappa shape index (κ3) is 2.59. The van der Waals surface area contributed by atoms with Gasteiger partial charge in [0.05, 0.1) is 20.1 Å². The first-order valence-corrected chi connectivity index (χ1v) is 5.18. The Morgan fingerprint density at radius 3 is 2.88 bits per heavy atom. The van der Waals surface area contributed by atoms with E-state index in [4.69, 9.17) is 9.47 Å². The maximum Gasteiger partial charge on any atom is 0.310 e. The Morgan fingerprint density at radius 2 is 2.19 bits per heavy atom. The van der Waals surface area contributed by atoms with Gasteiger partial charge < -0.3 is 14.2 Å². The van der Waals surface area contributed by atoms with Gasteiger partial charge in [-0.1, -0.05) is 30.3 Å². The molecule has 1 heterocycles. The van der Waals surface area contributed by atoms with E-state index in [0.29, 0.717) is 6.61 Å². The van der Waals surface area contributed by atoms with E-state index in [0.717, 1.165) is 5.56 Å². The molecule has 0 bridgehead atoms. The molecule has 0 aliphatic carbocycles. The first kappa shape index (κ1) is 11.1. The summed E-state index contributed by atoms with van der Waals surface area (Å²) in [6.07, 6.45) is -0.437. The summed E-state index contributed by atoms with van der Waals surface area (Å²) in [6, 6.07) is 9.81. The summed E-state index contributed by atoms with van der Waals surface area (Å²) in [5, 5.41) is 0.